The largest absolute Gasteiger partial charge is 0.463 e. The molecule has 0 atom stereocenters. The van der Waals surface area contributed by atoms with Gasteiger partial charge in [0, 0.05) is 61.8 Å². The predicted molar refractivity (Wildman–Crippen MR) is 95.2 cm³/mol. The summed E-state index contributed by atoms with van der Waals surface area (Å²) in [7, 11) is 0. The molecule has 1 fully saturated rings. The van der Waals surface area contributed by atoms with Gasteiger partial charge in [-0.2, -0.15) is 8.78 Å². The van der Waals surface area contributed by atoms with Crippen molar-refractivity contribution < 1.29 is 27.1 Å². The van der Waals surface area contributed by atoms with Crippen LogP contribution >= 0.6 is 0 Å². The highest BCUT2D eigenvalue weighted by atomic mass is 19.3. The number of hydrogen-bond acceptors (Lipinski definition) is 5. The number of benzene rings is 1. The van der Waals surface area contributed by atoms with Crippen molar-refractivity contribution in [1.82, 2.24) is 9.88 Å². The zero-order valence-electron chi connectivity index (χ0n) is 14.6. The van der Waals surface area contributed by atoms with E-state index in [-0.39, 0.29) is 11.7 Å². The normalized spacial score (nSPS) is 14.7. The average Bonchev–Trinajstić information content (AvgIpc) is 3.15. The van der Waals surface area contributed by atoms with Gasteiger partial charge in [0.2, 0.25) is 0 Å². The molecule has 0 bridgehead atoms. The molecule has 4 rings (SSSR count). The Morgan fingerprint density at radius 1 is 1.14 bits per heavy atom. The highest BCUT2D eigenvalue weighted by molar-refractivity contribution is 6.04. The summed E-state index contributed by atoms with van der Waals surface area (Å²) in [6.45, 7) is -1.41. The van der Waals surface area contributed by atoms with Crippen LogP contribution in [0.5, 0.6) is 5.75 Å². The van der Waals surface area contributed by atoms with Crippen LogP contribution in [0.25, 0.3) is 11.0 Å². The summed E-state index contributed by atoms with van der Waals surface area (Å²) >= 11 is 0. The molecule has 1 saturated heterocycles. The van der Waals surface area contributed by atoms with Crippen molar-refractivity contribution >= 4 is 22.6 Å². The van der Waals surface area contributed by atoms with Crippen molar-refractivity contribution in [3.63, 3.8) is 0 Å². The Hall–Kier alpha value is -3.23. The van der Waals surface area contributed by atoms with Gasteiger partial charge in [-0.3, -0.25) is 9.78 Å². The number of fused-ring (bicyclic) bond motifs is 1. The molecule has 3 aromatic rings. The maximum absolute atomic E-state index is 13.7. The number of carbonyl (C=O) groups excluding carboxylic acids is 1. The molecule has 0 N–H and O–H groups in total. The van der Waals surface area contributed by atoms with Crippen LogP contribution < -0.4 is 9.64 Å². The number of pyridine rings is 1. The van der Waals surface area contributed by atoms with E-state index in [1.54, 1.807) is 17.2 Å². The zero-order chi connectivity index (χ0) is 19.7. The quantitative estimate of drug-likeness (QED) is 0.681. The summed E-state index contributed by atoms with van der Waals surface area (Å²) in [6, 6.07) is 5.26. The molecular weight excluding hydrogens is 375 g/mol. The molecule has 6 nitrogen and oxygen atoms in total. The summed E-state index contributed by atoms with van der Waals surface area (Å²) in [4.78, 5) is 20.4. The second kappa shape index (κ2) is 7.41. The molecule has 0 saturated carbocycles. The van der Waals surface area contributed by atoms with E-state index < -0.39 is 12.4 Å². The fraction of sp³-hybridized carbons (Fsp3) is 0.263. The van der Waals surface area contributed by atoms with Crippen LogP contribution in [0.2, 0.25) is 0 Å². The molecule has 0 radical (unpaired) electrons. The average molecular weight is 391 g/mol. The van der Waals surface area contributed by atoms with E-state index in [9.17, 15) is 18.0 Å². The number of ether oxygens (including phenoxy) is 1. The fourth-order valence-corrected chi connectivity index (χ4v) is 3.28. The number of hydrogen-bond donors (Lipinski definition) is 0. The molecule has 0 aliphatic carbocycles. The topological polar surface area (TPSA) is 58.8 Å². The third kappa shape index (κ3) is 3.60. The molecule has 1 aromatic carbocycles. The van der Waals surface area contributed by atoms with Crippen LogP contribution in [0.3, 0.4) is 0 Å². The van der Waals surface area contributed by atoms with E-state index in [0.29, 0.717) is 43.0 Å². The first-order valence-electron chi connectivity index (χ1n) is 8.62. The lowest BCUT2D eigenvalue weighted by Crippen LogP contribution is -2.48. The van der Waals surface area contributed by atoms with Gasteiger partial charge in [0.1, 0.15) is 22.7 Å². The lowest BCUT2D eigenvalue weighted by molar-refractivity contribution is -0.0499. The number of carbonyl (C=O) groups is 1. The summed E-state index contributed by atoms with van der Waals surface area (Å²) in [5, 5.41) is 0.746. The Morgan fingerprint density at radius 3 is 2.68 bits per heavy atom. The number of nitrogens with zero attached hydrogens (tertiary/aromatic N) is 3. The molecule has 1 aliphatic rings. The minimum atomic E-state index is -3.03. The van der Waals surface area contributed by atoms with Crippen molar-refractivity contribution in [3.8, 4) is 5.75 Å². The molecule has 0 spiro atoms. The van der Waals surface area contributed by atoms with Crippen molar-refractivity contribution in [2.75, 3.05) is 31.1 Å². The van der Waals surface area contributed by atoms with Gasteiger partial charge in [-0.15, -0.1) is 0 Å². The minimum Gasteiger partial charge on any atom is -0.463 e. The maximum atomic E-state index is 13.7. The van der Waals surface area contributed by atoms with E-state index >= 15 is 0 Å². The van der Waals surface area contributed by atoms with Crippen LogP contribution in [-0.2, 0) is 0 Å². The summed E-state index contributed by atoms with van der Waals surface area (Å²) in [5.41, 5.74) is 1.30. The van der Waals surface area contributed by atoms with Crippen LogP contribution in [0.1, 0.15) is 10.4 Å². The molecule has 1 aliphatic heterocycles. The van der Waals surface area contributed by atoms with E-state index in [1.807, 2.05) is 4.90 Å². The van der Waals surface area contributed by atoms with Crippen molar-refractivity contribution in [3.05, 3.63) is 54.3 Å². The van der Waals surface area contributed by atoms with E-state index in [4.69, 9.17) is 4.42 Å². The number of alkyl halides is 2. The number of rotatable bonds is 4. The number of anilines is 1. The Kier molecular flexibility index (Phi) is 4.81. The molecule has 0 unspecified atom stereocenters. The lowest BCUT2D eigenvalue weighted by Gasteiger charge is -2.36. The standard InChI is InChI=1S/C19H16F3N3O3/c20-13-7-14(9-15(8-13)28-19(21)22)24-2-4-25(5-3-24)18(26)16-11-23-10-12-1-6-27-17(12)16/h1,6-11,19H,2-5H2. The number of piperazine rings is 1. The zero-order valence-corrected chi connectivity index (χ0v) is 14.6. The van der Waals surface area contributed by atoms with Crippen LogP contribution in [-0.4, -0.2) is 48.6 Å². The van der Waals surface area contributed by atoms with Crippen LogP contribution in [0, 0.1) is 5.82 Å². The van der Waals surface area contributed by atoms with Gasteiger partial charge in [-0.1, -0.05) is 0 Å². The number of aromatic nitrogens is 1. The van der Waals surface area contributed by atoms with Crippen molar-refractivity contribution in [2.24, 2.45) is 0 Å². The SMILES string of the molecule is O=C(c1cncc2ccoc12)N1CCN(c2cc(F)cc(OC(F)F)c2)CC1. The van der Waals surface area contributed by atoms with Gasteiger partial charge >= 0.3 is 6.61 Å². The smallest absolute Gasteiger partial charge is 0.387 e. The van der Waals surface area contributed by atoms with Gasteiger partial charge in [0.15, 0.2) is 0 Å². The molecule has 146 valence electrons. The molecule has 28 heavy (non-hydrogen) atoms. The van der Waals surface area contributed by atoms with Crippen molar-refractivity contribution in [2.45, 2.75) is 6.61 Å². The van der Waals surface area contributed by atoms with E-state index in [2.05, 4.69) is 9.72 Å². The van der Waals surface area contributed by atoms with Gasteiger partial charge in [0.25, 0.3) is 5.91 Å². The van der Waals surface area contributed by atoms with E-state index in [1.165, 1.54) is 24.6 Å². The van der Waals surface area contributed by atoms with E-state index in [0.717, 1.165) is 11.5 Å². The lowest BCUT2D eigenvalue weighted by atomic mass is 10.1. The minimum absolute atomic E-state index is 0.200. The highest BCUT2D eigenvalue weighted by Gasteiger charge is 2.25. The Balaban J connectivity index is 1.47. The van der Waals surface area contributed by atoms with Gasteiger partial charge in [-0.25, -0.2) is 4.39 Å². The number of amides is 1. The molecule has 3 heterocycles. The van der Waals surface area contributed by atoms with Gasteiger partial charge in [-0.05, 0) is 12.1 Å². The number of halogens is 3. The first kappa shape index (κ1) is 18.1. The number of furan rings is 1. The molecule has 9 heteroatoms. The van der Waals surface area contributed by atoms with Crippen molar-refractivity contribution in [1.29, 1.82) is 0 Å². The Morgan fingerprint density at radius 2 is 1.93 bits per heavy atom. The summed E-state index contributed by atoms with van der Waals surface area (Å²) in [5.74, 6) is -1.10. The summed E-state index contributed by atoms with van der Waals surface area (Å²) < 4.78 is 48.2. The van der Waals surface area contributed by atoms with Crippen LogP contribution in [0.15, 0.2) is 47.3 Å². The first-order valence-corrected chi connectivity index (χ1v) is 8.62. The summed E-state index contributed by atoms with van der Waals surface area (Å²) in [6.07, 6.45) is 4.60. The fourth-order valence-electron chi connectivity index (χ4n) is 3.28. The van der Waals surface area contributed by atoms with Crippen LogP contribution in [0.4, 0.5) is 18.9 Å². The Labute approximate surface area is 158 Å². The third-order valence-corrected chi connectivity index (χ3v) is 4.60. The van der Waals surface area contributed by atoms with Gasteiger partial charge < -0.3 is 19.0 Å². The first-order chi connectivity index (χ1) is 13.5. The van der Waals surface area contributed by atoms with Gasteiger partial charge in [0.05, 0.1) is 6.26 Å². The maximum Gasteiger partial charge on any atom is 0.387 e. The monoisotopic (exact) mass is 391 g/mol. The molecule has 2 aromatic heterocycles. The third-order valence-electron chi connectivity index (χ3n) is 4.60. The second-order valence-corrected chi connectivity index (χ2v) is 6.33. The molecule has 1 amide bonds. The Bertz CT molecular complexity index is 1000. The molecular formula is C19H16F3N3O3. The highest BCUT2D eigenvalue weighted by Crippen LogP contribution is 2.26. The predicted octanol–water partition coefficient (Wildman–Crippen LogP) is 3.53. The second-order valence-electron chi connectivity index (χ2n) is 6.33.